The molecule has 0 unspecified atom stereocenters. The number of rotatable bonds is 8. The van der Waals surface area contributed by atoms with Crippen molar-refractivity contribution in [2.24, 2.45) is 0 Å². The third-order valence-corrected chi connectivity index (χ3v) is 6.50. The minimum absolute atomic E-state index is 0.0274. The number of aromatic hydroxyl groups is 1. The first-order valence-electron chi connectivity index (χ1n) is 10.9. The summed E-state index contributed by atoms with van der Waals surface area (Å²) in [5, 5.41) is 13.5. The van der Waals surface area contributed by atoms with Crippen LogP contribution in [0.25, 0.3) is 6.08 Å². The van der Waals surface area contributed by atoms with E-state index in [0.29, 0.717) is 39.1 Å². The second-order valence-electron chi connectivity index (χ2n) is 7.77. The Balaban J connectivity index is 1.50. The molecule has 34 heavy (non-hydrogen) atoms. The molecule has 1 amide bonds. The topological polar surface area (TPSA) is 75.6 Å². The number of carbonyl (C=O) groups excluding carboxylic acids is 2. The molecule has 1 saturated heterocycles. The standard InChI is InChI=1S/C27H23NO4S2/c1-2-6-20-22(14-13-21(25(20)30)24(29)19-7-4-3-5-8-19)32-16-18-11-9-17(10-12-18)15-23-26(31)28-27(33)34-23/h3-5,7-15,30H,2,6,16H2,1H3,(H,28,31,33). The molecule has 5 nitrogen and oxygen atoms in total. The van der Waals surface area contributed by atoms with Crippen LogP contribution in [0, 0.1) is 0 Å². The molecule has 1 fully saturated rings. The molecule has 4 rings (SSSR count). The predicted molar refractivity (Wildman–Crippen MR) is 139 cm³/mol. The first kappa shape index (κ1) is 23.7. The molecule has 3 aromatic carbocycles. The number of phenols is 1. The van der Waals surface area contributed by atoms with Crippen LogP contribution in [0.5, 0.6) is 11.5 Å². The molecule has 0 bridgehead atoms. The van der Waals surface area contributed by atoms with Gasteiger partial charge < -0.3 is 15.2 Å². The molecule has 2 N–H and O–H groups in total. The Labute approximate surface area is 207 Å². The van der Waals surface area contributed by atoms with E-state index < -0.39 is 0 Å². The number of amides is 1. The summed E-state index contributed by atoms with van der Waals surface area (Å²) < 4.78 is 6.49. The molecule has 0 saturated carbocycles. The van der Waals surface area contributed by atoms with Crippen molar-refractivity contribution < 1.29 is 19.4 Å². The van der Waals surface area contributed by atoms with Crippen LogP contribution in [-0.4, -0.2) is 21.1 Å². The molecular weight excluding hydrogens is 466 g/mol. The largest absolute Gasteiger partial charge is 0.507 e. The van der Waals surface area contributed by atoms with Crippen molar-refractivity contribution in [3.8, 4) is 11.5 Å². The molecular formula is C27H23NO4S2. The van der Waals surface area contributed by atoms with Crippen molar-refractivity contribution in [2.45, 2.75) is 26.4 Å². The maximum absolute atomic E-state index is 12.9. The average Bonchev–Trinajstić information content (AvgIpc) is 3.17. The van der Waals surface area contributed by atoms with Gasteiger partial charge in [0.1, 0.15) is 22.4 Å². The number of hydrogen-bond acceptors (Lipinski definition) is 6. The zero-order valence-electron chi connectivity index (χ0n) is 18.5. The first-order chi connectivity index (χ1) is 16.5. The summed E-state index contributed by atoms with van der Waals surface area (Å²) >= 11 is 6.26. The number of thioether (sulfide) groups is 1. The lowest BCUT2D eigenvalue weighted by Gasteiger charge is -2.15. The van der Waals surface area contributed by atoms with Gasteiger partial charge in [0, 0.05) is 11.1 Å². The molecule has 1 heterocycles. The lowest BCUT2D eigenvalue weighted by molar-refractivity contribution is -0.115. The van der Waals surface area contributed by atoms with Crippen LogP contribution in [0.1, 0.15) is 46.0 Å². The summed E-state index contributed by atoms with van der Waals surface area (Å²) in [5.41, 5.74) is 3.25. The average molecular weight is 490 g/mol. The van der Waals surface area contributed by atoms with E-state index in [9.17, 15) is 14.7 Å². The van der Waals surface area contributed by atoms with Crippen LogP contribution < -0.4 is 10.1 Å². The highest BCUT2D eigenvalue weighted by atomic mass is 32.2. The summed E-state index contributed by atoms with van der Waals surface area (Å²) in [6.07, 6.45) is 3.18. The molecule has 1 aliphatic heterocycles. The fourth-order valence-electron chi connectivity index (χ4n) is 3.62. The summed E-state index contributed by atoms with van der Waals surface area (Å²) in [6, 6.07) is 19.9. The SMILES string of the molecule is CCCc1c(OCc2ccc(C=C3SC(=S)NC3=O)cc2)ccc(C(=O)c2ccccc2)c1O. The van der Waals surface area contributed by atoms with Gasteiger partial charge in [-0.15, -0.1) is 0 Å². The Morgan fingerprint density at radius 2 is 1.82 bits per heavy atom. The Kier molecular flexibility index (Phi) is 7.45. The van der Waals surface area contributed by atoms with Gasteiger partial charge in [-0.25, -0.2) is 0 Å². The van der Waals surface area contributed by atoms with Crippen LogP contribution in [-0.2, 0) is 17.8 Å². The predicted octanol–water partition coefficient (Wildman–Crippen LogP) is 5.64. The van der Waals surface area contributed by atoms with Gasteiger partial charge in [-0.2, -0.15) is 0 Å². The number of carbonyl (C=O) groups is 2. The zero-order chi connectivity index (χ0) is 24.1. The fraction of sp³-hybridized carbons (Fsp3) is 0.148. The van der Waals surface area contributed by atoms with E-state index in [4.69, 9.17) is 17.0 Å². The maximum atomic E-state index is 12.9. The highest BCUT2D eigenvalue weighted by Crippen LogP contribution is 2.34. The van der Waals surface area contributed by atoms with Gasteiger partial charge in [0.15, 0.2) is 5.78 Å². The quantitative estimate of drug-likeness (QED) is 0.242. The van der Waals surface area contributed by atoms with Gasteiger partial charge in [0.2, 0.25) is 0 Å². The van der Waals surface area contributed by atoms with E-state index in [0.717, 1.165) is 17.5 Å². The van der Waals surface area contributed by atoms with Crippen LogP contribution in [0.2, 0.25) is 0 Å². The van der Waals surface area contributed by atoms with E-state index in [1.165, 1.54) is 11.8 Å². The van der Waals surface area contributed by atoms with Crippen LogP contribution >= 0.6 is 24.0 Å². The molecule has 0 aliphatic carbocycles. The number of hydrogen-bond donors (Lipinski definition) is 2. The monoisotopic (exact) mass is 489 g/mol. The Bertz CT molecular complexity index is 1270. The van der Waals surface area contributed by atoms with Crippen molar-refractivity contribution in [3.63, 3.8) is 0 Å². The van der Waals surface area contributed by atoms with Crippen molar-refractivity contribution in [3.05, 3.63) is 99.5 Å². The normalized spacial score (nSPS) is 14.3. The number of nitrogens with one attached hydrogen (secondary N) is 1. The lowest BCUT2D eigenvalue weighted by atomic mass is 9.97. The molecule has 7 heteroatoms. The fourth-order valence-corrected chi connectivity index (χ4v) is 4.66. The minimum atomic E-state index is -0.221. The molecule has 3 aromatic rings. The number of ketones is 1. The van der Waals surface area contributed by atoms with Gasteiger partial charge in [0.05, 0.1) is 10.5 Å². The van der Waals surface area contributed by atoms with Gasteiger partial charge >= 0.3 is 0 Å². The second kappa shape index (κ2) is 10.7. The Morgan fingerprint density at radius 1 is 1.09 bits per heavy atom. The van der Waals surface area contributed by atoms with Crippen LogP contribution in [0.4, 0.5) is 0 Å². The molecule has 0 radical (unpaired) electrons. The smallest absolute Gasteiger partial charge is 0.263 e. The Morgan fingerprint density at radius 3 is 2.47 bits per heavy atom. The van der Waals surface area contributed by atoms with E-state index in [-0.39, 0.29) is 23.0 Å². The summed E-state index contributed by atoms with van der Waals surface area (Å²) in [5.74, 6) is 0.129. The van der Waals surface area contributed by atoms with E-state index in [1.54, 1.807) is 42.5 Å². The van der Waals surface area contributed by atoms with Gasteiger partial charge in [0.25, 0.3) is 5.91 Å². The number of benzene rings is 3. The van der Waals surface area contributed by atoms with E-state index in [1.807, 2.05) is 37.3 Å². The number of thiocarbonyl (C=S) groups is 1. The number of phenolic OH excluding ortho intramolecular Hbond substituents is 1. The van der Waals surface area contributed by atoms with E-state index >= 15 is 0 Å². The molecule has 172 valence electrons. The van der Waals surface area contributed by atoms with Crippen molar-refractivity contribution in [1.29, 1.82) is 0 Å². The maximum Gasteiger partial charge on any atom is 0.263 e. The highest BCUT2D eigenvalue weighted by Gasteiger charge is 2.22. The summed E-state index contributed by atoms with van der Waals surface area (Å²) in [4.78, 5) is 25.3. The summed E-state index contributed by atoms with van der Waals surface area (Å²) in [6.45, 7) is 2.32. The minimum Gasteiger partial charge on any atom is -0.507 e. The molecule has 0 spiro atoms. The van der Waals surface area contributed by atoms with Crippen LogP contribution in [0.15, 0.2) is 71.6 Å². The van der Waals surface area contributed by atoms with Crippen molar-refractivity contribution in [2.75, 3.05) is 0 Å². The lowest BCUT2D eigenvalue weighted by Crippen LogP contribution is -2.17. The van der Waals surface area contributed by atoms with Crippen LogP contribution in [0.3, 0.4) is 0 Å². The van der Waals surface area contributed by atoms with E-state index in [2.05, 4.69) is 5.32 Å². The molecule has 0 aromatic heterocycles. The van der Waals surface area contributed by atoms with Gasteiger partial charge in [-0.1, -0.05) is 91.9 Å². The number of ether oxygens (including phenoxy) is 1. The first-order valence-corrected chi connectivity index (χ1v) is 12.1. The van der Waals surface area contributed by atoms with Gasteiger partial charge in [-0.3, -0.25) is 9.59 Å². The molecule has 1 aliphatic rings. The van der Waals surface area contributed by atoms with Crippen molar-refractivity contribution in [1.82, 2.24) is 5.32 Å². The third-order valence-electron chi connectivity index (χ3n) is 5.33. The second-order valence-corrected chi connectivity index (χ2v) is 9.48. The van der Waals surface area contributed by atoms with Gasteiger partial charge in [-0.05, 0) is 35.8 Å². The zero-order valence-corrected chi connectivity index (χ0v) is 20.2. The van der Waals surface area contributed by atoms with Crippen molar-refractivity contribution >= 4 is 46.1 Å². The highest BCUT2D eigenvalue weighted by molar-refractivity contribution is 8.26. The third kappa shape index (κ3) is 5.38. The molecule has 0 atom stereocenters. The summed E-state index contributed by atoms with van der Waals surface area (Å²) in [7, 11) is 0. The Hall–Kier alpha value is -3.42.